The number of ether oxygens (including phenoxy) is 2. The molecule has 0 aliphatic carbocycles. The molecule has 1 aliphatic heterocycles. The lowest BCUT2D eigenvalue weighted by Crippen LogP contribution is -2.40. The molecule has 1 amide bonds. The maximum absolute atomic E-state index is 13.5. The van der Waals surface area contributed by atoms with Gasteiger partial charge in [-0.1, -0.05) is 24.3 Å². The van der Waals surface area contributed by atoms with Crippen LogP contribution in [0.1, 0.15) is 24.1 Å². The van der Waals surface area contributed by atoms with Crippen LogP contribution in [0.25, 0.3) is 16.6 Å². The number of aromatic nitrogens is 4. The minimum atomic E-state index is -0.528. The summed E-state index contributed by atoms with van der Waals surface area (Å²) in [5, 5.41) is 3.22. The monoisotopic (exact) mass is 539 g/mol. The van der Waals surface area contributed by atoms with E-state index in [2.05, 4.69) is 10.3 Å². The van der Waals surface area contributed by atoms with Crippen molar-refractivity contribution in [3.63, 3.8) is 0 Å². The number of pyridine rings is 1. The topological polar surface area (TPSA) is 126 Å². The van der Waals surface area contributed by atoms with Gasteiger partial charge in [0.1, 0.15) is 5.65 Å². The number of hydrogen-bond acceptors (Lipinski definition) is 7. The predicted octanol–water partition coefficient (Wildman–Crippen LogP) is 2.04. The second-order valence-electron chi connectivity index (χ2n) is 9.43. The number of fused-ring (bicyclic) bond motifs is 3. The Kier molecular flexibility index (Phi) is 6.61. The van der Waals surface area contributed by atoms with Gasteiger partial charge < -0.3 is 14.8 Å². The molecule has 0 fully saturated rings. The van der Waals surface area contributed by atoms with E-state index in [0.717, 1.165) is 10.1 Å². The van der Waals surface area contributed by atoms with Crippen LogP contribution in [0.4, 0.5) is 0 Å². The van der Waals surface area contributed by atoms with Crippen molar-refractivity contribution in [2.45, 2.75) is 32.5 Å². The van der Waals surface area contributed by atoms with Gasteiger partial charge in [0.15, 0.2) is 11.5 Å². The van der Waals surface area contributed by atoms with Crippen molar-refractivity contribution in [3.05, 3.63) is 115 Å². The number of nitrogens with zero attached hydrogens (tertiary/aromatic N) is 4. The first kappa shape index (κ1) is 25.1. The number of hydrogen-bond donors (Lipinski definition) is 1. The molecule has 2 aromatic carbocycles. The molecular formula is C29H25N5O6. The van der Waals surface area contributed by atoms with Gasteiger partial charge in [-0.2, -0.15) is 0 Å². The summed E-state index contributed by atoms with van der Waals surface area (Å²) in [5.41, 5.74) is 0.958. The second kappa shape index (κ2) is 10.5. The maximum Gasteiger partial charge on any atom is 0.331 e. The van der Waals surface area contributed by atoms with Gasteiger partial charge >= 0.3 is 5.69 Å². The predicted molar refractivity (Wildman–Crippen MR) is 147 cm³/mol. The molecule has 0 bridgehead atoms. The van der Waals surface area contributed by atoms with Crippen molar-refractivity contribution in [3.8, 4) is 11.5 Å². The largest absolute Gasteiger partial charge is 0.454 e. The van der Waals surface area contributed by atoms with Gasteiger partial charge in [0.2, 0.25) is 12.7 Å². The van der Waals surface area contributed by atoms with Crippen LogP contribution in [0.5, 0.6) is 11.5 Å². The first-order valence-electron chi connectivity index (χ1n) is 12.8. The van der Waals surface area contributed by atoms with Crippen molar-refractivity contribution >= 4 is 22.5 Å². The zero-order chi connectivity index (χ0) is 27.6. The Morgan fingerprint density at radius 1 is 0.925 bits per heavy atom. The van der Waals surface area contributed by atoms with Crippen LogP contribution in [0.15, 0.2) is 87.3 Å². The molecule has 1 aliphatic rings. The van der Waals surface area contributed by atoms with Crippen LogP contribution in [0.3, 0.4) is 0 Å². The lowest BCUT2D eigenvalue weighted by molar-refractivity contribution is -0.121. The zero-order valence-electron chi connectivity index (χ0n) is 21.4. The fourth-order valence-electron chi connectivity index (χ4n) is 4.80. The van der Waals surface area contributed by atoms with E-state index in [1.807, 2.05) is 12.1 Å². The number of carbonyl (C=O) groups is 1. The molecule has 40 heavy (non-hydrogen) atoms. The minimum absolute atomic E-state index is 0.0102. The highest BCUT2D eigenvalue weighted by atomic mass is 16.7. The van der Waals surface area contributed by atoms with Gasteiger partial charge in [-0.25, -0.2) is 9.78 Å². The standard InChI is InChI=1S/C29H25N5O6/c35-26(30-16-19-10-11-23-24(14-19)40-18-39-23)9-5-13-33-28(37)21-6-1-2-7-22(21)34(29(33)38)17-20-15-27(36)32-12-4-3-8-25(32)31-20/h1-4,6-8,10-12,14-15H,5,9,13,16-18H2,(H,30,35). The minimum Gasteiger partial charge on any atom is -0.454 e. The Morgan fingerprint density at radius 3 is 2.65 bits per heavy atom. The van der Waals surface area contributed by atoms with E-state index in [1.54, 1.807) is 54.7 Å². The number of para-hydroxylation sites is 1. The average molecular weight is 540 g/mol. The number of benzene rings is 2. The third kappa shape index (κ3) is 4.84. The van der Waals surface area contributed by atoms with Crippen molar-refractivity contribution in [2.24, 2.45) is 0 Å². The fourth-order valence-corrected chi connectivity index (χ4v) is 4.80. The summed E-state index contributed by atoms with van der Waals surface area (Å²) in [6.45, 7) is 0.569. The smallest absolute Gasteiger partial charge is 0.331 e. The second-order valence-corrected chi connectivity index (χ2v) is 9.43. The van der Waals surface area contributed by atoms with Crippen molar-refractivity contribution < 1.29 is 14.3 Å². The molecular weight excluding hydrogens is 514 g/mol. The summed E-state index contributed by atoms with van der Waals surface area (Å²) in [6.07, 6.45) is 2.05. The van der Waals surface area contributed by atoms with Crippen molar-refractivity contribution in [1.82, 2.24) is 23.8 Å². The quantitative estimate of drug-likeness (QED) is 0.320. The molecule has 11 nitrogen and oxygen atoms in total. The molecule has 6 rings (SSSR count). The Hall–Kier alpha value is -5.19. The summed E-state index contributed by atoms with van der Waals surface area (Å²) in [7, 11) is 0. The highest BCUT2D eigenvalue weighted by molar-refractivity contribution is 5.78. The van der Waals surface area contributed by atoms with Gasteiger partial charge in [0.05, 0.1) is 23.1 Å². The van der Waals surface area contributed by atoms with Crippen molar-refractivity contribution in [2.75, 3.05) is 6.79 Å². The molecule has 1 N–H and O–H groups in total. The maximum atomic E-state index is 13.5. The molecule has 0 saturated heterocycles. The van der Waals surface area contributed by atoms with E-state index in [0.29, 0.717) is 40.3 Å². The molecule has 0 unspecified atom stereocenters. The molecule has 0 spiro atoms. The normalized spacial score (nSPS) is 12.2. The number of amides is 1. The van der Waals surface area contributed by atoms with E-state index in [-0.39, 0.29) is 44.2 Å². The molecule has 11 heteroatoms. The lowest BCUT2D eigenvalue weighted by Gasteiger charge is -2.14. The molecule has 3 aromatic heterocycles. The fraction of sp³-hybridized carbons (Fsp3) is 0.207. The van der Waals surface area contributed by atoms with Gasteiger partial charge in [-0.3, -0.25) is 27.9 Å². The highest BCUT2D eigenvalue weighted by Crippen LogP contribution is 2.32. The highest BCUT2D eigenvalue weighted by Gasteiger charge is 2.16. The Labute approximate surface area is 226 Å². The Morgan fingerprint density at radius 2 is 1.75 bits per heavy atom. The first-order valence-corrected chi connectivity index (χ1v) is 12.8. The van der Waals surface area contributed by atoms with Crippen LogP contribution in [-0.4, -0.2) is 31.2 Å². The van der Waals surface area contributed by atoms with Gasteiger partial charge in [0.25, 0.3) is 11.1 Å². The SMILES string of the molecule is O=C(CCCn1c(=O)c2ccccc2n(Cc2cc(=O)n3ccccc3n2)c1=O)NCc1ccc2c(c1)OCO2. The third-order valence-electron chi connectivity index (χ3n) is 6.79. The lowest BCUT2D eigenvalue weighted by atomic mass is 10.2. The third-order valence-corrected chi connectivity index (χ3v) is 6.79. The molecule has 0 atom stereocenters. The van der Waals surface area contributed by atoms with E-state index >= 15 is 0 Å². The van der Waals surface area contributed by atoms with Crippen molar-refractivity contribution in [1.29, 1.82) is 0 Å². The molecule has 4 heterocycles. The summed E-state index contributed by atoms with van der Waals surface area (Å²) in [4.78, 5) is 56.4. The van der Waals surface area contributed by atoms with E-state index < -0.39 is 11.2 Å². The van der Waals surface area contributed by atoms with Gasteiger partial charge in [-0.15, -0.1) is 0 Å². The average Bonchev–Trinajstić information content (AvgIpc) is 3.44. The summed E-state index contributed by atoms with van der Waals surface area (Å²) in [5.74, 6) is 1.11. The first-order chi connectivity index (χ1) is 19.5. The summed E-state index contributed by atoms with van der Waals surface area (Å²) >= 11 is 0. The van der Waals surface area contributed by atoms with E-state index in [4.69, 9.17) is 9.47 Å². The summed E-state index contributed by atoms with van der Waals surface area (Å²) < 4.78 is 14.7. The van der Waals surface area contributed by atoms with Crippen LogP contribution < -0.4 is 31.6 Å². The summed E-state index contributed by atoms with van der Waals surface area (Å²) in [6, 6.07) is 18.9. The van der Waals surface area contributed by atoms with Crippen LogP contribution in [-0.2, 0) is 24.4 Å². The van der Waals surface area contributed by atoms with Crippen LogP contribution >= 0.6 is 0 Å². The number of rotatable bonds is 8. The molecule has 0 radical (unpaired) electrons. The van der Waals surface area contributed by atoms with Crippen LogP contribution in [0, 0.1) is 0 Å². The van der Waals surface area contributed by atoms with Crippen LogP contribution in [0.2, 0.25) is 0 Å². The van der Waals surface area contributed by atoms with E-state index in [9.17, 15) is 19.2 Å². The molecule has 0 saturated carbocycles. The molecule has 5 aromatic rings. The van der Waals surface area contributed by atoms with Gasteiger partial charge in [0, 0.05) is 31.8 Å². The number of nitrogens with one attached hydrogen (secondary N) is 1. The Balaban J connectivity index is 1.20. The number of carbonyl (C=O) groups excluding carboxylic acids is 1. The van der Waals surface area contributed by atoms with E-state index in [1.165, 1.54) is 15.0 Å². The molecule has 202 valence electrons. The zero-order valence-corrected chi connectivity index (χ0v) is 21.4. The van der Waals surface area contributed by atoms with Gasteiger partial charge in [-0.05, 0) is 48.4 Å². The Bertz CT molecular complexity index is 1940.